The molecule has 11 atom stereocenters. The van der Waals surface area contributed by atoms with E-state index in [1.165, 1.54) is 0 Å². The molecule has 4 saturated carbocycles. The van der Waals surface area contributed by atoms with Gasteiger partial charge >= 0.3 is 21.3 Å². The van der Waals surface area contributed by atoms with Crippen LogP contribution in [0.4, 0.5) is 8.78 Å². The minimum Gasteiger partial charge on any atom is -0.465 e. The van der Waals surface area contributed by atoms with Crippen LogP contribution in [0.1, 0.15) is 78.6 Å². The Bertz CT molecular complexity index is 1170. The van der Waals surface area contributed by atoms with Crippen molar-refractivity contribution in [2.24, 2.45) is 46.3 Å². The molecule has 4 aliphatic carbocycles. The fraction of sp³-hybridized carbons (Fsp3) is 0.862. The van der Waals surface area contributed by atoms with Gasteiger partial charge in [0.15, 0.2) is 6.61 Å². The molecule has 0 aliphatic heterocycles. The number of fused-ring (bicyclic) bond motifs is 5. The lowest BCUT2D eigenvalue weighted by molar-refractivity contribution is -0.218. The van der Waals surface area contributed by atoms with Crippen molar-refractivity contribution in [1.29, 1.82) is 0 Å². The molecule has 0 bridgehead atoms. The fourth-order valence-electron chi connectivity index (χ4n) is 9.61. The first-order valence-electron chi connectivity index (χ1n) is 14.9. The highest BCUT2D eigenvalue weighted by molar-refractivity contribution is 7.86. The molecule has 0 saturated heterocycles. The van der Waals surface area contributed by atoms with E-state index in [2.05, 4.69) is 18.6 Å². The van der Waals surface area contributed by atoms with E-state index in [0.29, 0.717) is 38.7 Å². The first-order valence-corrected chi connectivity index (χ1v) is 16.4. The minimum atomic E-state index is -5.72. The first-order chi connectivity index (χ1) is 20.1. The molecular weight excluding hydrogens is 594 g/mol. The maximum absolute atomic E-state index is 13.5. The van der Waals surface area contributed by atoms with Crippen LogP contribution in [-0.2, 0) is 48.2 Å². The van der Waals surface area contributed by atoms with Gasteiger partial charge in [-0.25, -0.2) is 0 Å². The van der Waals surface area contributed by atoms with Gasteiger partial charge in [0.2, 0.25) is 0 Å². The van der Waals surface area contributed by atoms with Gasteiger partial charge in [-0.1, -0.05) is 20.8 Å². The Morgan fingerprint density at radius 1 is 1.00 bits per heavy atom. The van der Waals surface area contributed by atoms with Crippen molar-refractivity contribution in [3.05, 3.63) is 0 Å². The number of hydrogen-bond donors (Lipinski definition) is 1. The number of ether oxygens (including phenoxy) is 4. The van der Waals surface area contributed by atoms with E-state index in [1.807, 2.05) is 6.92 Å². The summed E-state index contributed by atoms with van der Waals surface area (Å²) in [5.74, 6) is -0.869. The molecule has 14 heteroatoms. The van der Waals surface area contributed by atoms with Crippen LogP contribution in [0, 0.1) is 46.3 Å². The van der Waals surface area contributed by atoms with Crippen molar-refractivity contribution in [2.75, 3.05) is 6.61 Å². The average molecular weight is 637 g/mol. The number of hydrogen-bond acceptors (Lipinski definition) is 10. The molecule has 244 valence electrons. The van der Waals surface area contributed by atoms with Crippen LogP contribution in [0.5, 0.6) is 0 Å². The van der Waals surface area contributed by atoms with Gasteiger partial charge in [-0.15, -0.1) is 0 Å². The molecule has 4 aliphatic rings. The van der Waals surface area contributed by atoms with E-state index in [1.54, 1.807) is 0 Å². The predicted octanol–water partition coefficient (Wildman–Crippen LogP) is 3.93. The van der Waals surface area contributed by atoms with Gasteiger partial charge in [0.1, 0.15) is 18.3 Å². The molecule has 0 heterocycles. The average Bonchev–Trinajstić information content (AvgIpc) is 3.29. The molecule has 0 spiro atoms. The lowest BCUT2D eigenvalue weighted by Crippen LogP contribution is -2.63. The summed E-state index contributed by atoms with van der Waals surface area (Å²) < 4.78 is 78.5. The number of carbonyl (C=O) groups excluding carboxylic acids is 4. The van der Waals surface area contributed by atoms with Crippen molar-refractivity contribution in [3.8, 4) is 0 Å². The Hall–Kier alpha value is -2.35. The number of carbonyl (C=O) groups is 4. The molecule has 0 aromatic heterocycles. The van der Waals surface area contributed by atoms with Gasteiger partial charge in [0, 0.05) is 17.8 Å². The SMILES string of the molecule is CC(CCC(=O)OCC(F)(F)S(=O)(=O)O)[C@H]1CC[C@H]2[C@@H]3[C@H](OC=O)C[C@@H]4C[C@H](OC=O)CC[C@]4(C)[C@H]3C[C@H](OC=O)[C@]12C. The standard InChI is InChI=1S/C29H42F2O11S/c1-17(4-7-25(35)39-13-29(30,31)43(36,37)38)20-5-6-21-26-22(12-24(42-16-34)28(20,21)3)27(2)9-8-19(40-14-32)10-18(27)11-23(26)41-15-33/h14-24,26H,4-13H2,1-3H3,(H,36,37,38)/t17?,18-,19+,20+,21-,22-,23+,24-,26-,27-,28+/m0/s1. The predicted molar refractivity (Wildman–Crippen MR) is 145 cm³/mol. The molecule has 4 rings (SSSR count). The number of halogens is 2. The third-order valence-electron chi connectivity index (χ3n) is 11.7. The highest BCUT2D eigenvalue weighted by Gasteiger charge is 2.67. The molecule has 1 N–H and O–H groups in total. The normalized spacial score (nSPS) is 39.7. The van der Waals surface area contributed by atoms with Crippen molar-refractivity contribution in [1.82, 2.24) is 0 Å². The number of rotatable bonds is 13. The zero-order chi connectivity index (χ0) is 31.8. The second-order valence-electron chi connectivity index (χ2n) is 13.4. The summed E-state index contributed by atoms with van der Waals surface area (Å²) in [7, 11) is -5.72. The van der Waals surface area contributed by atoms with E-state index in [9.17, 15) is 36.4 Å². The maximum atomic E-state index is 13.5. The maximum Gasteiger partial charge on any atom is 0.402 e. The summed E-state index contributed by atoms with van der Waals surface area (Å²) in [6.45, 7) is 5.93. The molecule has 43 heavy (non-hydrogen) atoms. The Morgan fingerprint density at radius 3 is 2.30 bits per heavy atom. The van der Waals surface area contributed by atoms with E-state index >= 15 is 0 Å². The Labute approximate surface area is 250 Å². The fourth-order valence-corrected chi connectivity index (χ4v) is 9.81. The zero-order valence-electron chi connectivity index (χ0n) is 24.7. The van der Waals surface area contributed by atoms with Gasteiger partial charge in [-0.3, -0.25) is 23.7 Å². The lowest BCUT2D eigenvalue weighted by Gasteiger charge is -2.64. The highest BCUT2D eigenvalue weighted by atomic mass is 32.2. The molecule has 0 aromatic rings. The van der Waals surface area contributed by atoms with Gasteiger partial charge in [0.25, 0.3) is 19.4 Å². The van der Waals surface area contributed by atoms with Gasteiger partial charge in [-0.05, 0) is 86.4 Å². The van der Waals surface area contributed by atoms with Crippen molar-refractivity contribution in [3.63, 3.8) is 0 Å². The van der Waals surface area contributed by atoms with Gasteiger partial charge < -0.3 is 18.9 Å². The molecule has 11 nitrogen and oxygen atoms in total. The third kappa shape index (κ3) is 6.14. The van der Waals surface area contributed by atoms with Gasteiger partial charge in [0.05, 0.1) is 0 Å². The topological polar surface area (TPSA) is 160 Å². The molecule has 0 amide bonds. The van der Waals surface area contributed by atoms with Crippen LogP contribution >= 0.6 is 0 Å². The van der Waals surface area contributed by atoms with E-state index < -0.39 is 39.5 Å². The number of alkyl halides is 2. The summed E-state index contributed by atoms with van der Waals surface area (Å²) >= 11 is 0. The van der Waals surface area contributed by atoms with Crippen LogP contribution in [0.2, 0.25) is 0 Å². The second-order valence-corrected chi connectivity index (χ2v) is 15.0. The largest absolute Gasteiger partial charge is 0.465 e. The summed E-state index contributed by atoms with van der Waals surface area (Å²) in [5, 5.41) is -4.60. The van der Waals surface area contributed by atoms with Crippen LogP contribution < -0.4 is 0 Å². The molecule has 0 aromatic carbocycles. The number of esters is 1. The van der Waals surface area contributed by atoms with E-state index in [0.717, 1.165) is 25.7 Å². The molecule has 4 fully saturated rings. The lowest BCUT2D eigenvalue weighted by atomic mass is 9.43. The highest BCUT2D eigenvalue weighted by Crippen LogP contribution is 2.69. The summed E-state index contributed by atoms with van der Waals surface area (Å²) in [6.07, 6.45) is 3.99. The van der Waals surface area contributed by atoms with Crippen LogP contribution in [-0.4, -0.2) is 68.5 Å². The third-order valence-corrected chi connectivity index (χ3v) is 12.6. The second kappa shape index (κ2) is 12.6. The summed E-state index contributed by atoms with van der Waals surface area (Å²) in [4.78, 5) is 46.7. The van der Waals surface area contributed by atoms with Crippen LogP contribution in [0.15, 0.2) is 0 Å². The smallest absolute Gasteiger partial charge is 0.402 e. The zero-order valence-corrected chi connectivity index (χ0v) is 25.5. The van der Waals surface area contributed by atoms with Crippen molar-refractivity contribution >= 4 is 35.5 Å². The van der Waals surface area contributed by atoms with E-state index in [-0.39, 0.29) is 66.0 Å². The summed E-state index contributed by atoms with van der Waals surface area (Å²) in [6, 6.07) is 0. The van der Waals surface area contributed by atoms with Gasteiger partial charge in [-0.2, -0.15) is 17.2 Å². The van der Waals surface area contributed by atoms with Crippen LogP contribution in [0.25, 0.3) is 0 Å². The molecule has 1 unspecified atom stereocenters. The Balaban J connectivity index is 1.54. The van der Waals surface area contributed by atoms with Crippen molar-refractivity contribution < 1.29 is 59.9 Å². The Morgan fingerprint density at radius 2 is 1.67 bits per heavy atom. The molecule has 0 radical (unpaired) electrons. The van der Waals surface area contributed by atoms with Crippen molar-refractivity contribution in [2.45, 2.75) is 102 Å². The summed E-state index contributed by atoms with van der Waals surface area (Å²) in [5.41, 5.74) is -0.658. The molecular formula is C29H42F2O11S. The van der Waals surface area contributed by atoms with Crippen LogP contribution in [0.3, 0.4) is 0 Å². The minimum absolute atomic E-state index is 0.0105. The van der Waals surface area contributed by atoms with E-state index in [4.69, 9.17) is 18.8 Å². The quantitative estimate of drug-likeness (QED) is 0.135. The first kappa shape index (κ1) is 33.5. The Kier molecular flexibility index (Phi) is 9.80. The monoisotopic (exact) mass is 636 g/mol.